The van der Waals surface area contributed by atoms with Crippen LogP contribution < -0.4 is 0 Å². The summed E-state index contributed by atoms with van der Waals surface area (Å²) in [5, 5.41) is 46.2. The summed E-state index contributed by atoms with van der Waals surface area (Å²) in [6.45, 7) is 13.7. The number of aliphatic hydroxyl groups is 3. The van der Waals surface area contributed by atoms with Crippen LogP contribution in [0.15, 0.2) is 28.7 Å². The number of hydrogen-bond donors (Lipinski definition) is 4. The van der Waals surface area contributed by atoms with Crippen molar-refractivity contribution in [3.8, 4) is 17.6 Å². The number of Topliss-reactive ketones (excluding diaryl/α,β-unsaturated/α-hetero) is 3. The minimum Gasteiger partial charge on any atom is -0.511 e. The van der Waals surface area contributed by atoms with E-state index in [0.29, 0.717) is 5.56 Å². The van der Waals surface area contributed by atoms with Crippen LogP contribution in [-0.4, -0.2) is 43.4 Å². The van der Waals surface area contributed by atoms with Crippen molar-refractivity contribution in [3.63, 3.8) is 0 Å². The Morgan fingerprint density at radius 3 is 2.21 bits per heavy atom. The Labute approximate surface area is 223 Å². The van der Waals surface area contributed by atoms with Crippen LogP contribution in [0.4, 0.5) is 0 Å². The number of carbonyl (C=O) groups is 3. The van der Waals surface area contributed by atoms with Crippen LogP contribution in [0.25, 0.3) is 0 Å². The summed E-state index contributed by atoms with van der Waals surface area (Å²) >= 11 is 0. The molecule has 0 aromatic heterocycles. The topological polar surface area (TPSA) is 132 Å². The van der Waals surface area contributed by atoms with E-state index in [-0.39, 0.29) is 47.1 Å². The summed E-state index contributed by atoms with van der Waals surface area (Å²) < 4.78 is 0. The minimum absolute atomic E-state index is 0.00170. The quantitative estimate of drug-likeness (QED) is 0.331. The van der Waals surface area contributed by atoms with E-state index < -0.39 is 56.8 Å². The molecular formula is C31H36O7. The van der Waals surface area contributed by atoms with E-state index in [2.05, 4.69) is 11.8 Å². The van der Waals surface area contributed by atoms with Crippen LogP contribution in [0, 0.1) is 34.5 Å². The highest BCUT2D eigenvalue weighted by Gasteiger charge is 2.71. The molecule has 4 N–H and O–H groups in total. The molecule has 0 saturated heterocycles. The maximum atomic E-state index is 14.2. The van der Waals surface area contributed by atoms with Gasteiger partial charge in [0.25, 0.3) is 0 Å². The molecule has 0 aliphatic heterocycles. The van der Waals surface area contributed by atoms with E-state index in [9.17, 15) is 34.8 Å². The normalized spacial score (nSPS) is 30.7. The first-order valence-electron chi connectivity index (χ1n) is 13.0. The van der Waals surface area contributed by atoms with Gasteiger partial charge in [-0.05, 0) is 55.7 Å². The lowest BCUT2D eigenvalue weighted by Gasteiger charge is -2.59. The standard InChI is InChI=1S/C31H36O7/c1-9-10-17-11-18(14(2)3)19-12-29(7)13-30(8)22(15(4)5)25(34)20(16(6)32)27(36)31(30,38)28(37)23(29)26(35)21(19)24(17)33/h11,14-15,22,33-34,37-38H,12-13H2,1-8H3/t22?,29-,30-,31+/m1/s1. The van der Waals surface area contributed by atoms with E-state index in [0.717, 1.165) is 12.5 Å². The molecule has 0 heterocycles. The molecule has 1 unspecified atom stereocenters. The summed E-state index contributed by atoms with van der Waals surface area (Å²) in [4.78, 5) is 40.4. The van der Waals surface area contributed by atoms with Crippen molar-refractivity contribution in [1.29, 1.82) is 0 Å². The molecular weight excluding hydrogens is 484 g/mol. The number of benzene rings is 1. The lowest BCUT2D eigenvalue weighted by Crippen LogP contribution is -2.67. The number of fused-ring (bicyclic) bond motifs is 3. The summed E-state index contributed by atoms with van der Waals surface area (Å²) in [6, 6.07) is 1.79. The van der Waals surface area contributed by atoms with Crippen LogP contribution in [0.1, 0.15) is 94.8 Å². The Kier molecular flexibility index (Phi) is 6.24. The summed E-state index contributed by atoms with van der Waals surface area (Å²) in [6.07, 6.45) is 0.322. The Bertz CT molecular complexity index is 1430. The molecule has 4 atom stereocenters. The number of carbonyl (C=O) groups excluding carboxylic acids is 3. The molecule has 0 radical (unpaired) electrons. The van der Waals surface area contributed by atoms with Gasteiger partial charge >= 0.3 is 0 Å². The predicted molar refractivity (Wildman–Crippen MR) is 142 cm³/mol. The van der Waals surface area contributed by atoms with Crippen LogP contribution >= 0.6 is 0 Å². The van der Waals surface area contributed by atoms with Crippen molar-refractivity contribution >= 4 is 17.3 Å². The first-order valence-corrected chi connectivity index (χ1v) is 13.0. The van der Waals surface area contributed by atoms with Gasteiger partial charge in [-0.3, -0.25) is 14.4 Å². The van der Waals surface area contributed by atoms with Gasteiger partial charge in [0.15, 0.2) is 17.2 Å². The second-order valence-electron chi connectivity index (χ2n) is 12.2. The molecule has 38 heavy (non-hydrogen) atoms. The maximum Gasteiger partial charge on any atom is 0.209 e. The number of aliphatic hydroxyl groups excluding tert-OH is 2. The summed E-state index contributed by atoms with van der Waals surface area (Å²) in [5.41, 5.74) is -4.03. The Morgan fingerprint density at radius 1 is 1.11 bits per heavy atom. The Balaban J connectivity index is 2.11. The molecule has 7 nitrogen and oxygen atoms in total. The van der Waals surface area contributed by atoms with Crippen molar-refractivity contribution in [2.45, 2.75) is 79.8 Å². The molecule has 3 aliphatic rings. The third-order valence-electron chi connectivity index (χ3n) is 8.92. The third kappa shape index (κ3) is 3.29. The Morgan fingerprint density at radius 2 is 1.71 bits per heavy atom. The van der Waals surface area contributed by atoms with Crippen molar-refractivity contribution in [3.05, 3.63) is 51.0 Å². The van der Waals surface area contributed by atoms with Gasteiger partial charge in [0, 0.05) is 22.3 Å². The number of hydrogen-bond acceptors (Lipinski definition) is 7. The number of ketones is 3. The molecule has 0 fully saturated rings. The molecule has 1 aromatic carbocycles. The van der Waals surface area contributed by atoms with Crippen molar-refractivity contribution in [1.82, 2.24) is 0 Å². The molecule has 0 bridgehead atoms. The van der Waals surface area contributed by atoms with Crippen LogP contribution in [0.3, 0.4) is 0 Å². The van der Waals surface area contributed by atoms with E-state index >= 15 is 0 Å². The highest BCUT2D eigenvalue weighted by atomic mass is 16.3. The largest absolute Gasteiger partial charge is 0.511 e. The fourth-order valence-corrected chi connectivity index (χ4v) is 7.57. The number of aromatic hydroxyl groups is 1. The fourth-order valence-electron chi connectivity index (χ4n) is 7.57. The van der Waals surface area contributed by atoms with Gasteiger partial charge in [0.05, 0.1) is 11.1 Å². The molecule has 4 rings (SSSR count). The number of rotatable bonds is 3. The van der Waals surface area contributed by atoms with Crippen molar-refractivity contribution in [2.24, 2.45) is 22.7 Å². The Hall–Kier alpha value is -3.37. The van der Waals surface area contributed by atoms with Gasteiger partial charge in [-0.2, -0.15) is 0 Å². The smallest absolute Gasteiger partial charge is 0.209 e. The second-order valence-corrected chi connectivity index (χ2v) is 12.2. The zero-order valence-corrected chi connectivity index (χ0v) is 23.2. The minimum atomic E-state index is -2.62. The van der Waals surface area contributed by atoms with Crippen molar-refractivity contribution < 1.29 is 34.8 Å². The third-order valence-corrected chi connectivity index (χ3v) is 8.92. The van der Waals surface area contributed by atoms with E-state index in [4.69, 9.17) is 0 Å². The lowest BCUT2D eigenvalue weighted by atomic mass is 9.44. The average molecular weight is 521 g/mol. The maximum absolute atomic E-state index is 14.2. The number of phenols is 1. The zero-order chi connectivity index (χ0) is 28.7. The molecule has 1 aromatic rings. The molecule has 3 aliphatic carbocycles. The molecule has 202 valence electrons. The van der Waals surface area contributed by atoms with E-state index in [1.54, 1.807) is 26.8 Å². The predicted octanol–water partition coefficient (Wildman–Crippen LogP) is 4.84. The molecule has 7 heteroatoms. The molecule has 0 saturated carbocycles. The summed E-state index contributed by atoms with van der Waals surface area (Å²) in [7, 11) is 0. The van der Waals surface area contributed by atoms with Gasteiger partial charge in [0.2, 0.25) is 5.78 Å². The SMILES string of the molecule is CC#Cc1cc(C(C)C)c2c(c1O)C(=O)C1=C(O)[C@@]3(O)C(=O)C(C(C)=O)=C(O)C(C(C)C)[C@@]3(C)C[C@@]1(C)C2. The first-order chi connectivity index (χ1) is 17.5. The van der Waals surface area contributed by atoms with E-state index in [1.807, 2.05) is 27.7 Å². The monoisotopic (exact) mass is 520 g/mol. The number of allylic oxidation sites excluding steroid dienone is 2. The van der Waals surface area contributed by atoms with Gasteiger partial charge in [-0.25, -0.2) is 0 Å². The highest BCUT2D eigenvalue weighted by Crippen LogP contribution is 2.65. The van der Waals surface area contributed by atoms with Crippen molar-refractivity contribution in [2.75, 3.05) is 0 Å². The van der Waals surface area contributed by atoms with Gasteiger partial charge < -0.3 is 20.4 Å². The van der Waals surface area contributed by atoms with E-state index in [1.165, 1.54) is 0 Å². The van der Waals surface area contributed by atoms with Gasteiger partial charge in [-0.15, -0.1) is 5.92 Å². The van der Waals surface area contributed by atoms with Crippen LogP contribution in [0.5, 0.6) is 5.75 Å². The second kappa shape index (κ2) is 8.57. The molecule has 0 spiro atoms. The first kappa shape index (κ1) is 27.7. The van der Waals surface area contributed by atoms with Gasteiger partial charge in [0.1, 0.15) is 22.8 Å². The number of phenolic OH excluding ortho intramolecular Hbond substituents is 1. The highest BCUT2D eigenvalue weighted by molar-refractivity contribution is 6.25. The summed E-state index contributed by atoms with van der Waals surface area (Å²) in [5.74, 6) is 0.370. The van der Waals surface area contributed by atoms with Crippen LogP contribution in [-0.2, 0) is 16.0 Å². The molecule has 0 amide bonds. The van der Waals surface area contributed by atoms with Gasteiger partial charge in [-0.1, -0.05) is 47.5 Å². The lowest BCUT2D eigenvalue weighted by molar-refractivity contribution is -0.171. The average Bonchev–Trinajstić information content (AvgIpc) is 2.77. The zero-order valence-electron chi connectivity index (χ0n) is 23.2. The van der Waals surface area contributed by atoms with Crippen LogP contribution in [0.2, 0.25) is 0 Å². The fraction of sp³-hybridized carbons (Fsp3) is 0.516.